The Morgan fingerprint density at radius 1 is 0.781 bits per heavy atom. The standard InChI is InChI=1S/C18H22F2N6O6/c1-23(13(27)3-5-25-9-11(19)15(29)21-17(25)31)7-8-24(2)14(28)4-6-26-10-12(20)16(30)22-18(26)32/h9-10H,3-8H2,1-2H3,(H,21,29,31)(H,22,30,32). The molecule has 0 radical (unpaired) electrons. The van der Waals surface area contributed by atoms with Crippen LogP contribution in [0.15, 0.2) is 31.6 Å². The fourth-order valence-corrected chi connectivity index (χ4v) is 2.66. The summed E-state index contributed by atoms with van der Waals surface area (Å²) >= 11 is 0. The van der Waals surface area contributed by atoms with Crippen molar-refractivity contribution in [3.8, 4) is 0 Å². The number of amides is 2. The predicted molar refractivity (Wildman–Crippen MR) is 107 cm³/mol. The lowest BCUT2D eigenvalue weighted by molar-refractivity contribution is -0.133. The van der Waals surface area contributed by atoms with Gasteiger partial charge in [-0.2, -0.15) is 8.78 Å². The van der Waals surface area contributed by atoms with Gasteiger partial charge in [-0.15, -0.1) is 0 Å². The van der Waals surface area contributed by atoms with E-state index in [0.717, 1.165) is 21.5 Å². The Kier molecular flexibility index (Phi) is 7.98. The molecule has 2 N–H and O–H groups in total. The average Bonchev–Trinajstić information content (AvgIpc) is 2.74. The molecule has 14 heteroatoms. The highest BCUT2D eigenvalue weighted by molar-refractivity contribution is 5.77. The van der Waals surface area contributed by atoms with E-state index in [0.29, 0.717) is 0 Å². The van der Waals surface area contributed by atoms with Crippen molar-refractivity contribution >= 4 is 11.8 Å². The summed E-state index contributed by atoms with van der Waals surface area (Å²) in [5.41, 5.74) is -3.95. The number of carbonyl (C=O) groups is 2. The van der Waals surface area contributed by atoms with Gasteiger partial charge in [-0.3, -0.25) is 38.3 Å². The molecule has 2 aromatic rings. The van der Waals surface area contributed by atoms with Crippen molar-refractivity contribution in [2.45, 2.75) is 25.9 Å². The largest absolute Gasteiger partial charge is 0.344 e. The van der Waals surface area contributed by atoms with Gasteiger partial charge in [0.25, 0.3) is 11.1 Å². The molecule has 0 saturated heterocycles. The summed E-state index contributed by atoms with van der Waals surface area (Å²) in [6, 6.07) is 0. The second-order valence-electron chi connectivity index (χ2n) is 6.99. The highest BCUT2D eigenvalue weighted by Crippen LogP contribution is 1.98. The van der Waals surface area contributed by atoms with Gasteiger partial charge in [0.1, 0.15) is 0 Å². The van der Waals surface area contributed by atoms with Crippen LogP contribution in [-0.4, -0.2) is 67.9 Å². The number of likely N-dealkylation sites (N-methyl/N-ethyl adjacent to an activating group) is 2. The number of hydrogen-bond acceptors (Lipinski definition) is 6. The maximum Gasteiger partial charge on any atom is 0.328 e. The molecule has 0 atom stereocenters. The average molecular weight is 456 g/mol. The van der Waals surface area contributed by atoms with Crippen molar-refractivity contribution in [3.63, 3.8) is 0 Å². The second-order valence-corrected chi connectivity index (χ2v) is 6.99. The number of aryl methyl sites for hydroxylation is 2. The number of nitrogens with zero attached hydrogens (tertiary/aromatic N) is 4. The van der Waals surface area contributed by atoms with Crippen LogP contribution in [0.1, 0.15) is 12.8 Å². The third-order valence-corrected chi connectivity index (χ3v) is 4.69. The Hall–Kier alpha value is -3.84. The highest BCUT2D eigenvalue weighted by atomic mass is 19.1. The molecule has 0 spiro atoms. The Bertz CT molecular complexity index is 1130. The van der Waals surface area contributed by atoms with E-state index < -0.39 is 34.1 Å². The van der Waals surface area contributed by atoms with Gasteiger partial charge in [0, 0.05) is 53.1 Å². The Morgan fingerprint density at radius 2 is 1.12 bits per heavy atom. The number of rotatable bonds is 9. The quantitative estimate of drug-likeness (QED) is 0.448. The number of hydrogen-bond donors (Lipinski definition) is 2. The smallest absolute Gasteiger partial charge is 0.328 e. The summed E-state index contributed by atoms with van der Waals surface area (Å²) in [4.78, 5) is 75.9. The van der Waals surface area contributed by atoms with E-state index >= 15 is 0 Å². The van der Waals surface area contributed by atoms with Crippen molar-refractivity contribution in [1.82, 2.24) is 28.9 Å². The number of carbonyl (C=O) groups excluding carboxylic acids is 2. The molecule has 32 heavy (non-hydrogen) atoms. The summed E-state index contributed by atoms with van der Waals surface area (Å²) in [5.74, 6) is -3.03. The lowest BCUT2D eigenvalue weighted by atomic mass is 10.3. The van der Waals surface area contributed by atoms with Crippen LogP contribution in [-0.2, 0) is 22.7 Å². The molecule has 0 unspecified atom stereocenters. The first kappa shape index (κ1) is 24.4. The van der Waals surface area contributed by atoms with Gasteiger partial charge in [0.05, 0.1) is 12.4 Å². The summed E-state index contributed by atoms with van der Waals surface area (Å²) in [5, 5.41) is 0. The zero-order valence-corrected chi connectivity index (χ0v) is 17.4. The van der Waals surface area contributed by atoms with Crippen LogP contribution in [0.3, 0.4) is 0 Å². The predicted octanol–water partition coefficient (Wildman–Crippen LogP) is -1.94. The molecular weight excluding hydrogens is 434 g/mol. The molecule has 0 fully saturated rings. The molecule has 2 amide bonds. The van der Waals surface area contributed by atoms with Gasteiger partial charge in [-0.05, 0) is 0 Å². The maximum absolute atomic E-state index is 13.3. The zero-order chi connectivity index (χ0) is 24.0. The third kappa shape index (κ3) is 6.33. The first-order chi connectivity index (χ1) is 15.0. The van der Waals surface area contributed by atoms with Gasteiger partial charge < -0.3 is 9.80 Å². The lowest BCUT2D eigenvalue weighted by Crippen LogP contribution is -2.39. The van der Waals surface area contributed by atoms with E-state index in [1.54, 1.807) is 9.97 Å². The third-order valence-electron chi connectivity index (χ3n) is 4.69. The van der Waals surface area contributed by atoms with Crippen LogP contribution in [0.2, 0.25) is 0 Å². The van der Waals surface area contributed by atoms with E-state index in [2.05, 4.69) is 0 Å². The molecule has 0 aromatic carbocycles. The Morgan fingerprint density at radius 3 is 1.47 bits per heavy atom. The first-order valence-corrected chi connectivity index (χ1v) is 9.46. The molecule has 0 aliphatic rings. The minimum Gasteiger partial charge on any atom is -0.344 e. The summed E-state index contributed by atoms with van der Waals surface area (Å²) in [7, 11) is 2.97. The van der Waals surface area contributed by atoms with Crippen molar-refractivity contribution in [3.05, 3.63) is 65.7 Å². The molecule has 12 nitrogen and oxygen atoms in total. The number of nitrogens with one attached hydrogen (secondary N) is 2. The molecule has 174 valence electrons. The molecule has 0 aliphatic heterocycles. The number of halogens is 2. The van der Waals surface area contributed by atoms with Crippen LogP contribution < -0.4 is 22.5 Å². The SMILES string of the molecule is CN(CCN(C)C(=O)CCn1cc(F)c(=O)[nH]c1=O)C(=O)CCn1cc(F)c(=O)[nH]c1=O. The first-order valence-electron chi connectivity index (χ1n) is 9.46. The van der Waals surface area contributed by atoms with Crippen LogP contribution in [0.25, 0.3) is 0 Å². The van der Waals surface area contributed by atoms with Gasteiger partial charge >= 0.3 is 11.4 Å². The van der Waals surface area contributed by atoms with Crippen molar-refractivity contribution < 1.29 is 18.4 Å². The van der Waals surface area contributed by atoms with Gasteiger partial charge in [0.15, 0.2) is 0 Å². The van der Waals surface area contributed by atoms with E-state index in [1.165, 1.54) is 23.9 Å². The summed E-state index contributed by atoms with van der Waals surface area (Å²) < 4.78 is 28.3. The van der Waals surface area contributed by atoms with Crippen molar-refractivity contribution in [2.24, 2.45) is 0 Å². The molecule has 0 aliphatic carbocycles. The van der Waals surface area contributed by atoms with Gasteiger partial charge in [0.2, 0.25) is 23.4 Å². The fraction of sp³-hybridized carbons (Fsp3) is 0.444. The molecule has 0 saturated carbocycles. The Labute approximate surface area is 178 Å². The molecular formula is C18H22F2N6O6. The fourth-order valence-electron chi connectivity index (χ4n) is 2.66. The summed E-state index contributed by atoms with van der Waals surface area (Å²) in [6.45, 7) is 0.0241. The zero-order valence-electron chi connectivity index (χ0n) is 17.4. The normalized spacial score (nSPS) is 10.8. The van der Waals surface area contributed by atoms with Crippen molar-refractivity contribution in [2.75, 3.05) is 27.2 Å². The molecule has 2 heterocycles. The number of aromatic amines is 2. The maximum atomic E-state index is 13.3. The van der Waals surface area contributed by atoms with E-state index in [4.69, 9.17) is 0 Å². The Balaban J connectivity index is 1.82. The topological polar surface area (TPSA) is 150 Å². The number of H-pyrrole nitrogens is 2. The van der Waals surface area contributed by atoms with Gasteiger partial charge in [-0.25, -0.2) is 9.59 Å². The molecule has 2 rings (SSSR count). The van der Waals surface area contributed by atoms with Crippen LogP contribution >= 0.6 is 0 Å². The highest BCUT2D eigenvalue weighted by Gasteiger charge is 2.14. The minimum absolute atomic E-state index is 0.139. The summed E-state index contributed by atoms with van der Waals surface area (Å²) in [6.07, 6.45) is 1.17. The molecule has 0 bridgehead atoms. The van der Waals surface area contributed by atoms with E-state index in [1.807, 2.05) is 0 Å². The van der Waals surface area contributed by atoms with Crippen LogP contribution in [0.4, 0.5) is 8.78 Å². The van der Waals surface area contributed by atoms with Crippen LogP contribution in [0, 0.1) is 11.6 Å². The van der Waals surface area contributed by atoms with Gasteiger partial charge in [-0.1, -0.05) is 0 Å². The van der Waals surface area contributed by atoms with E-state index in [-0.39, 0.29) is 50.8 Å². The van der Waals surface area contributed by atoms with Crippen LogP contribution in [0.5, 0.6) is 0 Å². The number of aromatic nitrogens is 4. The monoisotopic (exact) mass is 456 g/mol. The van der Waals surface area contributed by atoms with Crippen molar-refractivity contribution in [1.29, 1.82) is 0 Å². The molecule has 2 aromatic heterocycles. The minimum atomic E-state index is -1.14. The second kappa shape index (κ2) is 10.5. The lowest BCUT2D eigenvalue weighted by Gasteiger charge is -2.22. The van der Waals surface area contributed by atoms with E-state index in [9.17, 15) is 37.5 Å².